The molecule has 1 aromatic carbocycles. The van der Waals surface area contributed by atoms with E-state index in [9.17, 15) is 9.59 Å². The van der Waals surface area contributed by atoms with Crippen LogP contribution in [0, 0.1) is 11.8 Å². The summed E-state index contributed by atoms with van der Waals surface area (Å²) in [4.78, 5) is 33.6. The molecule has 2 aliphatic heterocycles. The smallest absolute Gasteiger partial charge is 0.290 e. The van der Waals surface area contributed by atoms with Crippen molar-refractivity contribution < 1.29 is 23.8 Å². The molecule has 3 aliphatic rings. The SMILES string of the molecule is CCOc1ccc(C2C3=C(OC4CCC(C)CC4C3=O)C(=O)N2Cc2cccnc2)cc1OCC. The Labute approximate surface area is 206 Å². The van der Waals surface area contributed by atoms with Gasteiger partial charge in [-0.05, 0) is 68.4 Å². The van der Waals surface area contributed by atoms with Gasteiger partial charge in [-0.15, -0.1) is 0 Å². The number of carbonyl (C=O) groups is 2. The molecule has 1 aliphatic carbocycles. The quantitative estimate of drug-likeness (QED) is 0.580. The molecular weight excluding hydrogens is 444 g/mol. The summed E-state index contributed by atoms with van der Waals surface area (Å²) in [6.07, 6.45) is 5.82. The molecular formula is C28H32N2O5. The third kappa shape index (κ3) is 4.28. The number of ketones is 1. The topological polar surface area (TPSA) is 78.0 Å². The molecule has 1 amide bonds. The molecule has 1 saturated carbocycles. The van der Waals surface area contributed by atoms with Crippen molar-refractivity contribution in [3.63, 3.8) is 0 Å². The van der Waals surface area contributed by atoms with Gasteiger partial charge < -0.3 is 19.1 Å². The molecule has 1 fully saturated rings. The average molecular weight is 477 g/mol. The number of ether oxygens (including phenoxy) is 3. The lowest BCUT2D eigenvalue weighted by Crippen LogP contribution is -2.41. The van der Waals surface area contributed by atoms with E-state index in [1.807, 2.05) is 44.2 Å². The first-order valence-electron chi connectivity index (χ1n) is 12.6. The molecule has 0 N–H and O–H groups in total. The first kappa shape index (κ1) is 23.4. The zero-order valence-electron chi connectivity index (χ0n) is 20.5. The van der Waals surface area contributed by atoms with Crippen LogP contribution >= 0.6 is 0 Å². The van der Waals surface area contributed by atoms with Crippen LogP contribution in [0.2, 0.25) is 0 Å². The molecule has 35 heavy (non-hydrogen) atoms. The van der Waals surface area contributed by atoms with Crippen LogP contribution in [0.1, 0.15) is 57.2 Å². The molecule has 2 aromatic rings. The van der Waals surface area contributed by atoms with Gasteiger partial charge in [0.1, 0.15) is 6.10 Å². The minimum absolute atomic E-state index is 0.0432. The highest BCUT2D eigenvalue weighted by molar-refractivity contribution is 6.11. The lowest BCUT2D eigenvalue weighted by molar-refractivity contribution is -0.136. The van der Waals surface area contributed by atoms with E-state index in [1.165, 1.54) is 0 Å². The molecule has 7 nitrogen and oxygen atoms in total. The summed E-state index contributed by atoms with van der Waals surface area (Å²) in [6.45, 7) is 7.33. The Morgan fingerprint density at radius 2 is 1.89 bits per heavy atom. The van der Waals surface area contributed by atoms with Crippen molar-refractivity contribution >= 4 is 11.7 Å². The third-order valence-corrected chi connectivity index (χ3v) is 7.16. The second kappa shape index (κ2) is 9.72. The summed E-state index contributed by atoms with van der Waals surface area (Å²) < 4.78 is 17.9. The van der Waals surface area contributed by atoms with Crippen LogP contribution in [-0.2, 0) is 20.9 Å². The Morgan fingerprint density at radius 3 is 2.63 bits per heavy atom. The number of hydrogen-bond acceptors (Lipinski definition) is 6. The Morgan fingerprint density at radius 1 is 1.09 bits per heavy atom. The number of benzene rings is 1. The minimum atomic E-state index is -0.557. The van der Waals surface area contributed by atoms with Crippen molar-refractivity contribution in [1.29, 1.82) is 0 Å². The van der Waals surface area contributed by atoms with Crippen molar-refractivity contribution in [3.05, 3.63) is 65.2 Å². The van der Waals surface area contributed by atoms with E-state index in [4.69, 9.17) is 14.2 Å². The monoisotopic (exact) mass is 476 g/mol. The number of nitrogens with zero attached hydrogens (tertiary/aromatic N) is 2. The lowest BCUT2D eigenvalue weighted by atomic mass is 9.74. The fourth-order valence-electron chi connectivity index (χ4n) is 5.56. The second-order valence-corrected chi connectivity index (χ2v) is 9.56. The van der Waals surface area contributed by atoms with Gasteiger partial charge in [0.25, 0.3) is 5.91 Å². The first-order chi connectivity index (χ1) is 17.0. The van der Waals surface area contributed by atoms with Crippen LogP contribution in [0.15, 0.2) is 54.1 Å². The average Bonchev–Trinajstić information content (AvgIpc) is 3.13. The number of aromatic nitrogens is 1. The molecule has 5 rings (SSSR count). The fraction of sp³-hybridized carbons (Fsp3) is 0.464. The van der Waals surface area contributed by atoms with E-state index in [0.29, 0.717) is 42.7 Å². The Balaban J connectivity index is 1.59. The van der Waals surface area contributed by atoms with Crippen molar-refractivity contribution in [2.45, 2.75) is 58.7 Å². The molecule has 0 radical (unpaired) electrons. The molecule has 4 unspecified atom stereocenters. The van der Waals surface area contributed by atoms with Gasteiger partial charge in [-0.2, -0.15) is 0 Å². The van der Waals surface area contributed by atoms with Gasteiger partial charge in [-0.25, -0.2) is 0 Å². The van der Waals surface area contributed by atoms with E-state index < -0.39 is 6.04 Å². The fourth-order valence-corrected chi connectivity index (χ4v) is 5.56. The van der Waals surface area contributed by atoms with Crippen molar-refractivity contribution in [1.82, 2.24) is 9.88 Å². The minimum Gasteiger partial charge on any atom is -0.490 e. The van der Waals surface area contributed by atoms with Crippen molar-refractivity contribution in [3.8, 4) is 11.5 Å². The number of rotatable bonds is 7. The number of amides is 1. The predicted octanol–water partition coefficient (Wildman–Crippen LogP) is 4.62. The van der Waals surface area contributed by atoms with E-state index in [0.717, 1.165) is 30.4 Å². The Hall–Kier alpha value is -3.35. The van der Waals surface area contributed by atoms with Crippen LogP contribution in [0.3, 0.4) is 0 Å². The molecule has 0 bridgehead atoms. The Kier molecular flexibility index (Phi) is 6.50. The van der Waals surface area contributed by atoms with Crippen molar-refractivity contribution in [2.75, 3.05) is 13.2 Å². The maximum Gasteiger partial charge on any atom is 0.290 e. The number of fused-ring (bicyclic) bond motifs is 1. The van der Waals surface area contributed by atoms with Gasteiger partial charge in [0.15, 0.2) is 23.0 Å². The summed E-state index contributed by atoms with van der Waals surface area (Å²) in [6, 6.07) is 8.89. The first-order valence-corrected chi connectivity index (χ1v) is 12.6. The van der Waals surface area contributed by atoms with Gasteiger partial charge in [0.05, 0.1) is 30.7 Å². The van der Waals surface area contributed by atoms with Gasteiger partial charge in [-0.1, -0.05) is 19.1 Å². The van der Waals surface area contributed by atoms with E-state index in [-0.39, 0.29) is 29.5 Å². The van der Waals surface area contributed by atoms with Crippen LogP contribution in [0.25, 0.3) is 0 Å². The molecule has 1 aromatic heterocycles. The Bertz CT molecular complexity index is 1150. The number of hydrogen-bond donors (Lipinski definition) is 0. The molecule has 3 heterocycles. The molecule has 0 spiro atoms. The maximum absolute atomic E-state index is 13.9. The van der Waals surface area contributed by atoms with Gasteiger partial charge in [0.2, 0.25) is 0 Å². The van der Waals surface area contributed by atoms with Gasteiger partial charge in [-0.3, -0.25) is 14.6 Å². The summed E-state index contributed by atoms with van der Waals surface area (Å²) in [5, 5.41) is 0. The summed E-state index contributed by atoms with van der Waals surface area (Å²) >= 11 is 0. The molecule has 184 valence electrons. The second-order valence-electron chi connectivity index (χ2n) is 9.56. The standard InChI is InChI=1S/C28H32N2O5/c1-4-33-22-11-9-19(14-23(22)34-5-2)25-24-26(31)20-13-17(3)8-10-21(20)35-27(24)28(32)30(25)16-18-7-6-12-29-15-18/h6-7,9,11-12,14-15,17,20-21,25H,4-5,8,10,13,16H2,1-3H3. The molecule has 0 saturated heterocycles. The third-order valence-electron chi connectivity index (χ3n) is 7.16. The van der Waals surface area contributed by atoms with E-state index in [1.54, 1.807) is 17.3 Å². The van der Waals surface area contributed by atoms with E-state index >= 15 is 0 Å². The number of Topliss-reactive ketones (excluding diaryl/α,β-unsaturated/α-hetero) is 1. The summed E-state index contributed by atoms with van der Waals surface area (Å²) in [7, 11) is 0. The molecule has 4 atom stereocenters. The normalized spacial score (nSPS) is 25.7. The highest BCUT2D eigenvalue weighted by Crippen LogP contribution is 2.48. The number of pyridine rings is 1. The zero-order chi connectivity index (χ0) is 24.5. The highest BCUT2D eigenvalue weighted by atomic mass is 16.5. The van der Waals surface area contributed by atoms with Crippen LogP contribution in [0.4, 0.5) is 0 Å². The summed E-state index contributed by atoms with van der Waals surface area (Å²) in [5.74, 6) is 1.51. The van der Waals surface area contributed by atoms with Gasteiger partial charge in [0, 0.05) is 18.9 Å². The predicted molar refractivity (Wildman–Crippen MR) is 130 cm³/mol. The van der Waals surface area contributed by atoms with Gasteiger partial charge >= 0.3 is 0 Å². The largest absolute Gasteiger partial charge is 0.490 e. The van der Waals surface area contributed by atoms with E-state index in [2.05, 4.69) is 11.9 Å². The van der Waals surface area contributed by atoms with Crippen LogP contribution in [-0.4, -0.2) is 40.9 Å². The summed E-state index contributed by atoms with van der Waals surface area (Å²) in [5.41, 5.74) is 2.17. The van der Waals surface area contributed by atoms with Crippen LogP contribution < -0.4 is 9.47 Å². The maximum atomic E-state index is 13.9. The van der Waals surface area contributed by atoms with Crippen LogP contribution in [0.5, 0.6) is 11.5 Å². The number of carbonyl (C=O) groups excluding carboxylic acids is 2. The highest BCUT2D eigenvalue weighted by Gasteiger charge is 2.52. The molecule has 7 heteroatoms. The van der Waals surface area contributed by atoms with Crippen molar-refractivity contribution in [2.24, 2.45) is 11.8 Å². The lowest BCUT2D eigenvalue weighted by Gasteiger charge is -2.37. The zero-order valence-corrected chi connectivity index (χ0v) is 20.5.